The Morgan fingerprint density at radius 1 is 0.508 bits per heavy atom. The summed E-state index contributed by atoms with van der Waals surface area (Å²) >= 11 is 0. The van der Waals surface area contributed by atoms with E-state index in [-0.39, 0.29) is 24.9 Å². The largest absolute Gasteiger partial charge is 0.490 e. The predicted octanol–water partition coefficient (Wildman–Crippen LogP) is 15.2. The molecule has 1 aromatic rings. The topological polar surface area (TPSA) is 123 Å². The molecule has 0 fully saturated rings. The molecule has 0 spiro atoms. The summed E-state index contributed by atoms with van der Waals surface area (Å²) < 4.78 is 15.2. The van der Waals surface area contributed by atoms with Gasteiger partial charge in [-0.05, 0) is 30.9 Å². The number of carbonyl (C=O) groups is 2. The van der Waals surface area contributed by atoms with E-state index in [4.69, 9.17) is 29.5 Å². The molecule has 0 aromatic heterocycles. The molecule has 0 radical (unpaired) electrons. The lowest BCUT2D eigenvalue weighted by atomic mass is 10.0. The molecule has 0 amide bonds. The highest BCUT2D eigenvalue weighted by molar-refractivity contribution is 5.91. The Balaban J connectivity index is 0. The molecule has 370 valence electrons. The van der Waals surface area contributed by atoms with Crippen molar-refractivity contribution in [3.8, 4) is 0 Å². The maximum Gasteiger partial charge on any atom is 0.373 e. The molecule has 8 nitrogen and oxygen atoms in total. The van der Waals surface area contributed by atoms with Gasteiger partial charge >= 0.3 is 11.9 Å². The third-order valence-corrected chi connectivity index (χ3v) is 11.4. The van der Waals surface area contributed by atoms with Crippen LogP contribution in [0.3, 0.4) is 0 Å². The first-order valence-electron chi connectivity index (χ1n) is 26.4. The van der Waals surface area contributed by atoms with Crippen molar-refractivity contribution >= 4 is 18.0 Å². The molecule has 8 heteroatoms. The molecule has 1 rings (SSSR count). The Morgan fingerprint density at radius 3 is 1.24 bits per heavy atom. The Hall–Kier alpha value is -2.42. The number of rotatable bonds is 43. The van der Waals surface area contributed by atoms with Crippen LogP contribution in [0.15, 0.2) is 36.1 Å². The van der Waals surface area contributed by atoms with Crippen molar-refractivity contribution < 1.29 is 39.1 Å². The molecule has 0 bridgehead atoms. The van der Waals surface area contributed by atoms with Crippen molar-refractivity contribution in [2.75, 3.05) is 33.5 Å². The number of unbranched alkanes of at least 4 members (excludes halogenated alkanes) is 32. The minimum absolute atomic E-state index is 0.103. The van der Waals surface area contributed by atoms with Crippen LogP contribution in [-0.4, -0.2) is 66.9 Å². The number of benzene rings is 1. The van der Waals surface area contributed by atoms with Gasteiger partial charge in [-0.25, -0.2) is 4.79 Å². The van der Waals surface area contributed by atoms with Crippen LogP contribution in [0.4, 0.5) is 0 Å². The van der Waals surface area contributed by atoms with Gasteiger partial charge in [0.15, 0.2) is 0 Å². The van der Waals surface area contributed by atoms with E-state index in [0.29, 0.717) is 19.6 Å². The number of esters is 2. The second kappa shape index (κ2) is 53.9. The molecular formula is C55H102O8. The fourth-order valence-electron chi connectivity index (χ4n) is 7.28. The van der Waals surface area contributed by atoms with Crippen LogP contribution < -0.4 is 0 Å². The Morgan fingerprint density at radius 2 is 0.873 bits per heavy atom. The van der Waals surface area contributed by atoms with Crippen molar-refractivity contribution in [3.63, 3.8) is 0 Å². The zero-order valence-corrected chi connectivity index (χ0v) is 41.7. The monoisotopic (exact) mass is 891 g/mol. The van der Waals surface area contributed by atoms with E-state index in [1.807, 2.05) is 30.3 Å². The molecule has 0 saturated carbocycles. The van der Waals surface area contributed by atoms with Crippen LogP contribution in [0.2, 0.25) is 0 Å². The van der Waals surface area contributed by atoms with Gasteiger partial charge in [0.1, 0.15) is 12.7 Å². The maximum absolute atomic E-state index is 11.9. The van der Waals surface area contributed by atoms with Gasteiger partial charge in [-0.2, -0.15) is 0 Å². The minimum atomic E-state index is -0.954. The number of aliphatic hydroxyl groups is 3. The zero-order valence-electron chi connectivity index (χ0n) is 41.7. The highest BCUT2D eigenvalue weighted by Crippen LogP contribution is 2.15. The van der Waals surface area contributed by atoms with Gasteiger partial charge in [-0.1, -0.05) is 257 Å². The minimum Gasteiger partial charge on any atom is -0.490 e. The molecule has 0 aliphatic heterocycles. The molecule has 0 heterocycles. The zero-order chi connectivity index (χ0) is 46.5. The molecule has 0 aliphatic carbocycles. The van der Waals surface area contributed by atoms with E-state index in [2.05, 4.69) is 20.8 Å². The van der Waals surface area contributed by atoms with Crippen LogP contribution in [0, 0.1) is 0 Å². The van der Waals surface area contributed by atoms with Gasteiger partial charge in [0.05, 0.1) is 20.3 Å². The summed E-state index contributed by atoms with van der Waals surface area (Å²) in [5.41, 5.74) is 0.922. The molecular weight excluding hydrogens is 789 g/mol. The van der Waals surface area contributed by atoms with Crippen LogP contribution in [0.1, 0.15) is 257 Å². The fourth-order valence-corrected chi connectivity index (χ4v) is 7.28. The highest BCUT2D eigenvalue weighted by atomic mass is 16.6. The summed E-state index contributed by atoms with van der Waals surface area (Å²) in [7, 11) is 1.49. The smallest absolute Gasteiger partial charge is 0.373 e. The predicted molar refractivity (Wildman–Crippen MR) is 267 cm³/mol. The van der Waals surface area contributed by atoms with Crippen molar-refractivity contribution in [3.05, 3.63) is 41.7 Å². The lowest BCUT2D eigenvalue weighted by molar-refractivity contribution is -0.147. The average molecular weight is 891 g/mol. The molecule has 1 atom stereocenters. The molecule has 1 aromatic carbocycles. The highest BCUT2D eigenvalue weighted by Gasteiger charge is 2.11. The second-order valence-electron chi connectivity index (χ2n) is 17.6. The lowest BCUT2D eigenvalue weighted by Gasteiger charge is -2.08. The summed E-state index contributed by atoms with van der Waals surface area (Å²) in [5.74, 6) is -0.427. The van der Waals surface area contributed by atoms with E-state index in [1.165, 1.54) is 200 Å². The first-order chi connectivity index (χ1) is 30.9. The number of hydrogen-bond acceptors (Lipinski definition) is 8. The van der Waals surface area contributed by atoms with Gasteiger partial charge in [-0.3, -0.25) is 4.79 Å². The Labute approximate surface area is 389 Å². The molecule has 0 aliphatic rings. The van der Waals surface area contributed by atoms with Crippen molar-refractivity contribution in [2.24, 2.45) is 0 Å². The first-order valence-corrected chi connectivity index (χ1v) is 26.4. The summed E-state index contributed by atoms with van der Waals surface area (Å²) in [6, 6.07) is 9.60. The standard InChI is InChI=1S/C21H42O4.C18H26O3.C16H34O/c1-2-3-4-5-6-7-8-9-10-11-12-13-14-15-16-17-21(24)25-19-20(23)18-22;1-3-4-5-6-7-11-14-21-18(19)17(20-2)15-16-12-9-8-10-13-16;1-2-3-4-5-6-7-8-9-10-11-12-13-14-15-16-17/h20,22-23H,2-19H2,1H3;8-10,12-13,15H,3-7,11,14H2,1-2H3;17H,2-16H2,1H3. The normalized spacial score (nSPS) is 11.6. The van der Waals surface area contributed by atoms with Gasteiger partial charge in [-0.15, -0.1) is 0 Å². The number of ether oxygens (including phenoxy) is 3. The van der Waals surface area contributed by atoms with Crippen LogP contribution in [-0.2, 0) is 23.8 Å². The fraction of sp³-hybridized carbons (Fsp3) is 0.818. The molecule has 63 heavy (non-hydrogen) atoms. The van der Waals surface area contributed by atoms with E-state index in [0.717, 1.165) is 37.7 Å². The summed E-state index contributed by atoms with van der Waals surface area (Å²) in [6.07, 6.45) is 47.0. The number of methoxy groups -OCH3 is 1. The summed E-state index contributed by atoms with van der Waals surface area (Å²) in [6.45, 7) is 7.10. The molecule has 1 unspecified atom stereocenters. The summed E-state index contributed by atoms with van der Waals surface area (Å²) in [5, 5.41) is 26.4. The van der Waals surface area contributed by atoms with E-state index < -0.39 is 12.1 Å². The number of carbonyl (C=O) groups excluding carboxylic acids is 2. The quantitative estimate of drug-likeness (QED) is 0.0256. The number of hydrogen-bond donors (Lipinski definition) is 3. The van der Waals surface area contributed by atoms with E-state index in [1.54, 1.807) is 6.08 Å². The number of aliphatic hydroxyl groups excluding tert-OH is 3. The van der Waals surface area contributed by atoms with Crippen LogP contribution in [0.25, 0.3) is 6.08 Å². The Bertz CT molecular complexity index is 1060. The average Bonchev–Trinajstić information content (AvgIpc) is 3.30. The van der Waals surface area contributed by atoms with Gasteiger partial charge in [0.2, 0.25) is 5.76 Å². The van der Waals surface area contributed by atoms with Gasteiger partial charge in [0, 0.05) is 13.0 Å². The lowest BCUT2D eigenvalue weighted by Crippen LogP contribution is -2.21. The Kier molecular flexibility index (Phi) is 53.6. The SMILES string of the molecule is CCCCCCCCCCCCCCCCCC(=O)OCC(O)CO.CCCCCCCCCCCCCCCCO.CCCCCCCCOC(=O)C(=Cc1ccccc1)OC. The maximum atomic E-state index is 11.9. The summed E-state index contributed by atoms with van der Waals surface area (Å²) in [4.78, 5) is 23.3. The van der Waals surface area contributed by atoms with E-state index >= 15 is 0 Å². The van der Waals surface area contributed by atoms with Gasteiger partial charge < -0.3 is 29.5 Å². The second-order valence-corrected chi connectivity index (χ2v) is 17.6. The van der Waals surface area contributed by atoms with Gasteiger partial charge in [0.25, 0.3) is 0 Å². The van der Waals surface area contributed by atoms with Crippen molar-refractivity contribution in [1.29, 1.82) is 0 Å². The first kappa shape index (κ1) is 62.7. The molecule has 3 N–H and O–H groups in total. The molecule has 0 saturated heterocycles. The van der Waals surface area contributed by atoms with Crippen molar-refractivity contribution in [1.82, 2.24) is 0 Å². The van der Waals surface area contributed by atoms with Crippen molar-refractivity contribution in [2.45, 2.75) is 258 Å². The third kappa shape index (κ3) is 50.4. The third-order valence-electron chi connectivity index (χ3n) is 11.4. The van der Waals surface area contributed by atoms with E-state index in [9.17, 15) is 9.59 Å². The van der Waals surface area contributed by atoms with Crippen LogP contribution in [0.5, 0.6) is 0 Å². The van der Waals surface area contributed by atoms with Crippen LogP contribution >= 0.6 is 0 Å².